The molecule has 0 bridgehead atoms. The summed E-state index contributed by atoms with van der Waals surface area (Å²) in [6, 6.07) is 9.59. The minimum atomic E-state index is -0.249. The number of ether oxygens (including phenoxy) is 2. The fourth-order valence-electron chi connectivity index (χ4n) is 2.74. The maximum absolute atomic E-state index is 11.6. The van der Waals surface area contributed by atoms with Crippen LogP contribution in [0.15, 0.2) is 30.3 Å². The van der Waals surface area contributed by atoms with E-state index in [4.69, 9.17) is 14.5 Å². The quantitative estimate of drug-likeness (QED) is 0.600. The molecule has 0 unspecified atom stereocenters. The molecule has 0 radical (unpaired) electrons. The monoisotopic (exact) mass is 398 g/mol. The lowest BCUT2D eigenvalue weighted by Gasteiger charge is -2.04. The third kappa shape index (κ3) is 4.83. The standard InChI is InChI=1S/C20H22N4O3S/c1-12-11-13(2)22-19(21-12)24-20-23-18(14-5-7-15(26-3)8-6-14)16(28-20)9-10-17(25)27-4/h5-8,11H,9-10H2,1-4H3,(H,21,22,23,24). The number of hydrogen-bond donors (Lipinski definition) is 1. The number of thiazole rings is 1. The number of aryl methyl sites for hydroxylation is 3. The van der Waals surface area contributed by atoms with E-state index in [2.05, 4.69) is 15.3 Å². The third-order valence-electron chi connectivity index (χ3n) is 4.05. The lowest BCUT2D eigenvalue weighted by molar-refractivity contribution is -0.140. The average molecular weight is 398 g/mol. The van der Waals surface area contributed by atoms with Gasteiger partial charge in [-0.3, -0.25) is 4.79 Å². The van der Waals surface area contributed by atoms with Crippen LogP contribution in [0.3, 0.4) is 0 Å². The van der Waals surface area contributed by atoms with Crippen LogP contribution in [0.1, 0.15) is 22.7 Å². The van der Waals surface area contributed by atoms with Gasteiger partial charge in [0.05, 0.1) is 26.3 Å². The molecule has 2 aromatic heterocycles. The van der Waals surface area contributed by atoms with Gasteiger partial charge in [0.25, 0.3) is 0 Å². The van der Waals surface area contributed by atoms with Crippen LogP contribution in [0.25, 0.3) is 11.3 Å². The fraction of sp³-hybridized carbons (Fsp3) is 0.300. The van der Waals surface area contributed by atoms with Crippen LogP contribution in [0.2, 0.25) is 0 Å². The number of carbonyl (C=O) groups is 1. The van der Waals surface area contributed by atoms with Crippen LogP contribution in [-0.4, -0.2) is 35.1 Å². The maximum Gasteiger partial charge on any atom is 0.305 e. The van der Waals surface area contributed by atoms with E-state index in [-0.39, 0.29) is 5.97 Å². The third-order valence-corrected chi connectivity index (χ3v) is 5.08. The van der Waals surface area contributed by atoms with E-state index in [0.29, 0.717) is 23.9 Å². The first-order valence-corrected chi connectivity index (χ1v) is 9.60. The van der Waals surface area contributed by atoms with Gasteiger partial charge in [0.1, 0.15) is 5.75 Å². The average Bonchev–Trinajstić information content (AvgIpc) is 3.07. The molecular weight excluding hydrogens is 376 g/mol. The molecular formula is C20H22N4O3S. The maximum atomic E-state index is 11.6. The number of carbonyl (C=O) groups excluding carboxylic acids is 1. The summed E-state index contributed by atoms with van der Waals surface area (Å²) in [7, 11) is 3.02. The number of aromatic nitrogens is 3. The van der Waals surface area contributed by atoms with Crippen molar-refractivity contribution in [3.63, 3.8) is 0 Å². The Bertz CT molecular complexity index is 950. The van der Waals surface area contributed by atoms with E-state index >= 15 is 0 Å². The number of nitrogens with zero attached hydrogens (tertiary/aromatic N) is 3. The highest BCUT2D eigenvalue weighted by atomic mass is 32.1. The van der Waals surface area contributed by atoms with E-state index in [1.54, 1.807) is 7.11 Å². The largest absolute Gasteiger partial charge is 0.497 e. The van der Waals surface area contributed by atoms with Gasteiger partial charge in [-0.2, -0.15) is 0 Å². The van der Waals surface area contributed by atoms with Gasteiger partial charge in [-0.05, 0) is 50.6 Å². The summed E-state index contributed by atoms with van der Waals surface area (Å²) in [6.07, 6.45) is 0.836. The summed E-state index contributed by atoms with van der Waals surface area (Å²) in [4.78, 5) is 26.1. The molecule has 1 N–H and O–H groups in total. The zero-order chi connectivity index (χ0) is 20.1. The second kappa shape index (κ2) is 8.79. The molecule has 3 rings (SSSR count). The summed E-state index contributed by atoms with van der Waals surface area (Å²) >= 11 is 1.48. The summed E-state index contributed by atoms with van der Waals surface area (Å²) in [6.45, 7) is 3.85. The van der Waals surface area contributed by atoms with Crippen molar-refractivity contribution in [2.45, 2.75) is 26.7 Å². The minimum Gasteiger partial charge on any atom is -0.497 e. The van der Waals surface area contributed by atoms with E-state index < -0.39 is 0 Å². The van der Waals surface area contributed by atoms with Crippen LogP contribution in [-0.2, 0) is 16.0 Å². The number of methoxy groups -OCH3 is 2. The highest BCUT2D eigenvalue weighted by Gasteiger charge is 2.16. The van der Waals surface area contributed by atoms with Gasteiger partial charge in [-0.1, -0.05) is 0 Å². The van der Waals surface area contributed by atoms with E-state index in [0.717, 1.165) is 33.3 Å². The van der Waals surface area contributed by atoms with Crippen LogP contribution >= 0.6 is 11.3 Å². The highest BCUT2D eigenvalue weighted by molar-refractivity contribution is 7.16. The van der Waals surface area contributed by atoms with E-state index in [1.807, 2.05) is 44.2 Å². The van der Waals surface area contributed by atoms with Gasteiger partial charge in [0.15, 0.2) is 5.13 Å². The van der Waals surface area contributed by atoms with Crippen molar-refractivity contribution in [2.75, 3.05) is 19.5 Å². The normalized spacial score (nSPS) is 10.6. The number of benzene rings is 1. The Balaban J connectivity index is 1.92. The minimum absolute atomic E-state index is 0.249. The van der Waals surface area contributed by atoms with Crippen molar-refractivity contribution in [1.29, 1.82) is 0 Å². The smallest absolute Gasteiger partial charge is 0.305 e. The molecule has 0 saturated heterocycles. The lowest BCUT2D eigenvalue weighted by Crippen LogP contribution is -2.01. The summed E-state index contributed by atoms with van der Waals surface area (Å²) in [5.74, 6) is 1.03. The molecule has 3 aromatic rings. The molecule has 0 amide bonds. The number of rotatable bonds is 7. The molecule has 0 fully saturated rings. The number of hydrogen-bond acceptors (Lipinski definition) is 8. The van der Waals surface area contributed by atoms with Crippen molar-refractivity contribution in [3.8, 4) is 17.0 Å². The molecule has 0 atom stereocenters. The van der Waals surface area contributed by atoms with E-state index in [9.17, 15) is 4.79 Å². The van der Waals surface area contributed by atoms with Crippen molar-refractivity contribution in [2.24, 2.45) is 0 Å². The lowest BCUT2D eigenvalue weighted by atomic mass is 10.1. The molecule has 2 heterocycles. The molecule has 8 heteroatoms. The molecule has 28 heavy (non-hydrogen) atoms. The Morgan fingerprint density at radius 3 is 2.36 bits per heavy atom. The highest BCUT2D eigenvalue weighted by Crippen LogP contribution is 2.34. The van der Waals surface area contributed by atoms with Crippen LogP contribution in [0.5, 0.6) is 5.75 Å². The summed E-state index contributed by atoms with van der Waals surface area (Å²) in [5.41, 5.74) is 3.54. The molecule has 146 valence electrons. The van der Waals surface area contributed by atoms with Crippen LogP contribution < -0.4 is 10.1 Å². The number of anilines is 2. The SMILES string of the molecule is COC(=O)CCc1sc(Nc2nc(C)cc(C)n2)nc1-c1ccc(OC)cc1. The fourth-order valence-corrected chi connectivity index (χ4v) is 3.72. The Kier molecular flexibility index (Phi) is 6.20. The molecule has 0 aliphatic rings. The number of nitrogens with one attached hydrogen (secondary N) is 1. The first kappa shape index (κ1) is 19.8. The van der Waals surface area contributed by atoms with Gasteiger partial charge in [0, 0.05) is 21.8 Å². The van der Waals surface area contributed by atoms with Crippen LogP contribution in [0.4, 0.5) is 11.1 Å². The van der Waals surface area contributed by atoms with Crippen LogP contribution in [0, 0.1) is 13.8 Å². The Labute approximate surface area is 167 Å². The predicted octanol–water partition coefficient (Wildman–Crippen LogP) is 4.07. The van der Waals surface area contributed by atoms with Crippen molar-refractivity contribution in [1.82, 2.24) is 15.0 Å². The topological polar surface area (TPSA) is 86.2 Å². The predicted molar refractivity (Wildman–Crippen MR) is 109 cm³/mol. The van der Waals surface area contributed by atoms with Gasteiger partial charge in [-0.25, -0.2) is 15.0 Å². The second-order valence-electron chi connectivity index (χ2n) is 6.19. The zero-order valence-corrected chi connectivity index (χ0v) is 17.1. The zero-order valence-electron chi connectivity index (χ0n) is 16.3. The van der Waals surface area contributed by atoms with Crippen molar-refractivity contribution < 1.29 is 14.3 Å². The Morgan fingerprint density at radius 1 is 1.07 bits per heavy atom. The second-order valence-corrected chi connectivity index (χ2v) is 7.28. The first-order valence-electron chi connectivity index (χ1n) is 8.78. The number of esters is 1. The van der Waals surface area contributed by atoms with Gasteiger partial charge in [0.2, 0.25) is 5.95 Å². The van der Waals surface area contributed by atoms with Crippen molar-refractivity contribution in [3.05, 3.63) is 46.6 Å². The van der Waals surface area contributed by atoms with Gasteiger partial charge < -0.3 is 14.8 Å². The van der Waals surface area contributed by atoms with Crippen molar-refractivity contribution >= 4 is 28.4 Å². The molecule has 7 nitrogen and oxygen atoms in total. The summed E-state index contributed by atoms with van der Waals surface area (Å²) in [5, 5.41) is 3.86. The molecule has 1 aromatic carbocycles. The van der Waals surface area contributed by atoms with Gasteiger partial charge >= 0.3 is 5.97 Å². The Morgan fingerprint density at radius 2 is 1.75 bits per heavy atom. The molecule has 0 aliphatic heterocycles. The Hall–Kier alpha value is -3.00. The van der Waals surface area contributed by atoms with Gasteiger partial charge in [-0.15, -0.1) is 11.3 Å². The molecule has 0 aliphatic carbocycles. The summed E-state index contributed by atoms with van der Waals surface area (Å²) < 4.78 is 10.00. The molecule has 0 saturated carbocycles. The molecule has 0 spiro atoms. The van der Waals surface area contributed by atoms with E-state index in [1.165, 1.54) is 18.4 Å². The first-order chi connectivity index (χ1) is 13.5.